The van der Waals surface area contributed by atoms with E-state index in [-0.39, 0.29) is 12.5 Å². The average Bonchev–Trinajstić information content (AvgIpc) is 2.04. The van der Waals surface area contributed by atoms with Crippen LogP contribution in [0.3, 0.4) is 0 Å². The summed E-state index contributed by atoms with van der Waals surface area (Å²) in [5, 5.41) is 10.8. The molecular formula is C7H13NO3. The molecule has 0 aliphatic rings. The van der Waals surface area contributed by atoms with Crippen LogP contribution < -0.4 is 5.32 Å². The lowest BCUT2D eigenvalue weighted by Crippen LogP contribution is -2.25. The Labute approximate surface area is 65.9 Å². The van der Waals surface area contributed by atoms with Crippen LogP contribution in [0.2, 0.25) is 0 Å². The molecule has 1 amide bonds. The van der Waals surface area contributed by atoms with Crippen LogP contribution in [0.4, 0.5) is 0 Å². The number of nitrogens with one attached hydrogen (secondary N) is 1. The molecule has 0 aliphatic carbocycles. The van der Waals surface area contributed by atoms with Crippen LogP contribution >= 0.6 is 0 Å². The van der Waals surface area contributed by atoms with E-state index in [1.807, 2.05) is 0 Å². The molecule has 0 saturated heterocycles. The lowest BCUT2D eigenvalue weighted by molar-refractivity contribution is -0.116. The van der Waals surface area contributed by atoms with Crippen LogP contribution in [0, 0.1) is 0 Å². The third-order valence-electron chi connectivity index (χ3n) is 0.967. The number of carbonyl (C=O) groups is 1. The highest BCUT2D eigenvalue weighted by Crippen LogP contribution is 1.72. The first-order valence-electron chi connectivity index (χ1n) is 3.40. The summed E-state index contributed by atoms with van der Waals surface area (Å²) in [5.41, 5.74) is 0. The van der Waals surface area contributed by atoms with Gasteiger partial charge in [0.2, 0.25) is 5.91 Å². The largest absolute Gasteiger partial charge is 0.394 e. The molecule has 11 heavy (non-hydrogen) atoms. The van der Waals surface area contributed by atoms with E-state index < -0.39 is 0 Å². The second kappa shape index (κ2) is 7.24. The topological polar surface area (TPSA) is 58.6 Å². The first-order chi connectivity index (χ1) is 5.31. The van der Waals surface area contributed by atoms with Crippen LogP contribution in [-0.2, 0) is 9.53 Å². The Balaban J connectivity index is 3.01. The minimum atomic E-state index is -0.211. The van der Waals surface area contributed by atoms with Gasteiger partial charge in [-0.1, -0.05) is 6.58 Å². The third-order valence-corrected chi connectivity index (χ3v) is 0.967. The van der Waals surface area contributed by atoms with Gasteiger partial charge in [0, 0.05) is 6.54 Å². The second-order valence-corrected chi connectivity index (χ2v) is 1.83. The van der Waals surface area contributed by atoms with E-state index in [1.54, 1.807) is 0 Å². The van der Waals surface area contributed by atoms with E-state index in [1.165, 1.54) is 6.08 Å². The van der Waals surface area contributed by atoms with Gasteiger partial charge < -0.3 is 15.2 Å². The summed E-state index contributed by atoms with van der Waals surface area (Å²) < 4.78 is 4.88. The van der Waals surface area contributed by atoms with E-state index in [4.69, 9.17) is 9.84 Å². The molecule has 0 aliphatic heterocycles. The minimum absolute atomic E-state index is 0.00933. The molecular weight excluding hydrogens is 146 g/mol. The summed E-state index contributed by atoms with van der Waals surface area (Å²) in [6.07, 6.45) is 1.20. The maximum absolute atomic E-state index is 10.5. The normalized spacial score (nSPS) is 9.18. The van der Waals surface area contributed by atoms with E-state index in [0.717, 1.165) is 0 Å². The number of hydrogen-bond donors (Lipinski definition) is 2. The molecule has 0 bridgehead atoms. The Kier molecular flexibility index (Phi) is 6.67. The molecule has 4 heteroatoms. The quantitative estimate of drug-likeness (QED) is 0.398. The van der Waals surface area contributed by atoms with E-state index in [2.05, 4.69) is 11.9 Å². The number of rotatable bonds is 6. The van der Waals surface area contributed by atoms with E-state index in [9.17, 15) is 4.79 Å². The SMILES string of the molecule is C=CC(=O)NCCOCCO. The standard InChI is InChI=1S/C7H13NO3/c1-2-7(10)8-3-5-11-6-4-9/h2,9H,1,3-6H2,(H,8,10). The summed E-state index contributed by atoms with van der Waals surface area (Å²) >= 11 is 0. The molecule has 0 spiro atoms. The van der Waals surface area contributed by atoms with Crippen LogP contribution in [-0.4, -0.2) is 37.4 Å². The fourth-order valence-electron chi connectivity index (χ4n) is 0.485. The van der Waals surface area contributed by atoms with Crippen molar-refractivity contribution in [3.63, 3.8) is 0 Å². The third kappa shape index (κ3) is 7.02. The average molecular weight is 159 g/mol. The molecule has 0 unspecified atom stereocenters. The molecule has 2 N–H and O–H groups in total. The zero-order valence-corrected chi connectivity index (χ0v) is 6.38. The van der Waals surface area contributed by atoms with Crippen molar-refractivity contribution in [3.8, 4) is 0 Å². The van der Waals surface area contributed by atoms with Gasteiger partial charge in [0.15, 0.2) is 0 Å². The number of hydrogen-bond acceptors (Lipinski definition) is 3. The number of amides is 1. The molecule has 4 nitrogen and oxygen atoms in total. The van der Waals surface area contributed by atoms with E-state index in [0.29, 0.717) is 19.8 Å². The Hall–Kier alpha value is -0.870. The van der Waals surface area contributed by atoms with Crippen molar-refractivity contribution in [2.75, 3.05) is 26.4 Å². The predicted molar refractivity (Wildman–Crippen MR) is 41.1 cm³/mol. The second-order valence-electron chi connectivity index (χ2n) is 1.83. The van der Waals surface area contributed by atoms with Gasteiger partial charge in [-0.3, -0.25) is 4.79 Å². The predicted octanol–water partition coefficient (Wildman–Crippen LogP) is -0.703. The van der Waals surface area contributed by atoms with Gasteiger partial charge in [-0.2, -0.15) is 0 Å². The van der Waals surface area contributed by atoms with Crippen molar-refractivity contribution in [2.24, 2.45) is 0 Å². The van der Waals surface area contributed by atoms with Crippen molar-refractivity contribution in [3.05, 3.63) is 12.7 Å². The van der Waals surface area contributed by atoms with Crippen LogP contribution in [0.1, 0.15) is 0 Å². The molecule has 0 rings (SSSR count). The number of ether oxygens (including phenoxy) is 1. The van der Waals surface area contributed by atoms with Gasteiger partial charge in [0.25, 0.3) is 0 Å². The van der Waals surface area contributed by atoms with Gasteiger partial charge in [-0.05, 0) is 6.08 Å². The fourth-order valence-corrected chi connectivity index (χ4v) is 0.485. The van der Waals surface area contributed by atoms with Gasteiger partial charge in [-0.25, -0.2) is 0 Å². The first kappa shape index (κ1) is 10.1. The van der Waals surface area contributed by atoms with E-state index >= 15 is 0 Å². The molecule has 0 aromatic rings. The molecule has 0 saturated carbocycles. The zero-order valence-electron chi connectivity index (χ0n) is 6.38. The molecule has 0 heterocycles. The van der Waals surface area contributed by atoms with Gasteiger partial charge in [0.1, 0.15) is 0 Å². The van der Waals surface area contributed by atoms with Gasteiger partial charge in [-0.15, -0.1) is 0 Å². The van der Waals surface area contributed by atoms with Crippen molar-refractivity contribution in [2.45, 2.75) is 0 Å². The van der Waals surface area contributed by atoms with Crippen LogP contribution in [0.5, 0.6) is 0 Å². The minimum Gasteiger partial charge on any atom is -0.394 e. The van der Waals surface area contributed by atoms with Crippen molar-refractivity contribution in [1.29, 1.82) is 0 Å². The Morgan fingerprint density at radius 2 is 2.36 bits per heavy atom. The molecule has 0 radical (unpaired) electrons. The molecule has 0 atom stereocenters. The maximum atomic E-state index is 10.5. The summed E-state index contributed by atoms with van der Waals surface area (Å²) in [5.74, 6) is -0.211. The lowest BCUT2D eigenvalue weighted by Gasteiger charge is -2.01. The Morgan fingerprint density at radius 3 is 2.91 bits per heavy atom. The monoisotopic (exact) mass is 159 g/mol. The zero-order chi connectivity index (χ0) is 8.53. The number of aliphatic hydroxyl groups is 1. The molecule has 0 aromatic heterocycles. The number of aliphatic hydroxyl groups excluding tert-OH is 1. The van der Waals surface area contributed by atoms with Crippen molar-refractivity contribution < 1.29 is 14.6 Å². The number of carbonyl (C=O) groups excluding carboxylic acids is 1. The lowest BCUT2D eigenvalue weighted by atomic mass is 10.5. The molecule has 64 valence electrons. The Bertz CT molecular complexity index is 125. The fraction of sp³-hybridized carbons (Fsp3) is 0.571. The highest BCUT2D eigenvalue weighted by atomic mass is 16.5. The van der Waals surface area contributed by atoms with Crippen molar-refractivity contribution in [1.82, 2.24) is 5.32 Å². The van der Waals surface area contributed by atoms with Gasteiger partial charge >= 0.3 is 0 Å². The molecule has 0 aromatic carbocycles. The summed E-state index contributed by atoms with van der Waals surface area (Å²) in [7, 11) is 0. The highest BCUT2D eigenvalue weighted by Gasteiger charge is 1.91. The summed E-state index contributed by atoms with van der Waals surface area (Å²) in [4.78, 5) is 10.5. The smallest absolute Gasteiger partial charge is 0.243 e. The molecule has 0 fully saturated rings. The Morgan fingerprint density at radius 1 is 1.64 bits per heavy atom. The van der Waals surface area contributed by atoms with Gasteiger partial charge in [0.05, 0.1) is 19.8 Å². The summed E-state index contributed by atoms with van der Waals surface area (Å²) in [6.45, 7) is 4.47. The van der Waals surface area contributed by atoms with Crippen molar-refractivity contribution >= 4 is 5.91 Å². The first-order valence-corrected chi connectivity index (χ1v) is 3.40. The van der Waals surface area contributed by atoms with Crippen LogP contribution in [0.15, 0.2) is 12.7 Å². The van der Waals surface area contributed by atoms with Crippen LogP contribution in [0.25, 0.3) is 0 Å². The maximum Gasteiger partial charge on any atom is 0.243 e. The highest BCUT2D eigenvalue weighted by molar-refractivity contribution is 5.86. The summed E-state index contributed by atoms with van der Waals surface area (Å²) in [6, 6.07) is 0.